The molecule has 1 fully saturated rings. The van der Waals surface area contributed by atoms with Crippen molar-refractivity contribution in [3.8, 4) is 0 Å². The first kappa shape index (κ1) is 16.4. The first-order valence-electron chi connectivity index (χ1n) is 7.83. The fourth-order valence-electron chi connectivity index (χ4n) is 2.72. The van der Waals surface area contributed by atoms with Gasteiger partial charge in [-0.2, -0.15) is 4.73 Å². The van der Waals surface area contributed by atoms with Gasteiger partial charge in [0.2, 0.25) is 0 Å². The summed E-state index contributed by atoms with van der Waals surface area (Å²) in [5.41, 5.74) is 2.12. The van der Waals surface area contributed by atoms with Crippen LogP contribution in [0.1, 0.15) is 11.3 Å². The largest absolute Gasteiger partial charge is 0.408 e. The molecule has 0 aliphatic carbocycles. The quantitative estimate of drug-likeness (QED) is 0.713. The molecule has 26 heavy (non-hydrogen) atoms. The number of nitrogens with one attached hydrogen (secondary N) is 1. The van der Waals surface area contributed by atoms with Crippen LogP contribution in [0.2, 0.25) is 0 Å². The number of aromatic nitrogens is 1. The number of para-hydroxylation sites is 1. The predicted octanol–water partition coefficient (Wildman–Crippen LogP) is 3.73. The Kier molecular flexibility index (Phi) is 4.22. The minimum atomic E-state index is -0.429. The minimum absolute atomic E-state index is 0.158. The second-order valence-electron chi connectivity index (χ2n) is 5.68. The van der Waals surface area contributed by atoms with E-state index in [1.165, 1.54) is 12.1 Å². The maximum Gasteiger partial charge on any atom is 0.290 e. The van der Waals surface area contributed by atoms with Crippen molar-refractivity contribution in [3.63, 3.8) is 0 Å². The number of hydrogen-bond donors (Lipinski definition) is 1. The smallest absolute Gasteiger partial charge is 0.290 e. The molecule has 3 aromatic rings. The zero-order chi connectivity index (χ0) is 18.1. The molecule has 0 atom stereocenters. The fraction of sp³-hybridized carbons (Fsp3) is 0.0526. The lowest BCUT2D eigenvalue weighted by Gasteiger charge is -2.11. The van der Waals surface area contributed by atoms with Crippen LogP contribution in [0.4, 0.5) is 9.18 Å². The van der Waals surface area contributed by atoms with E-state index >= 15 is 0 Å². The first-order valence-corrected chi connectivity index (χ1v) is 8.65. The molecule has 0 radical (unpaired) electrons. The third kappa shape index (κ3) is 3.21. The van der Waals surface area contributed by atoms with Crippen LogP contribution in [0.5, 0.6) is 0 Å². The molecule has 1 N–H and O–H groups in total. The Hall–Kier alpha value is -3.06. The molecule has 2 heterocycles. The average Bonchev–Trinajstić information content (AvgIpc) is 3.12. The van der Waals surface area contributed by atoms with Crippen molar-refractivity contribution in [2.24, 2.45) is 0 Å². The SMILES string of the molecule is O=C1NC(=O)/C(=C/c2cc3ccccc3n2OCc2cccc(F)c2)S1. The van der Waals surface area contributed by atoms with Crippen molar-refractivity contribution in [2.75, 3.05) is 0 Å². The van der Waals surface area contributed by atoms with Crippen LogP contribution in [-0.4, -0.2) is 15.9 Å². The number of benzene rings is 2. The van der Waals surface area contributed by atoms with Crippen molar-refractivity contribution in [1.29, 1.82) is 0 Å². The van der Waals surface area contributed by atoms with E-state index in [-0.39, 0.29) is 12.4 Å². The van der Waals surface area contributed by atoms with E-state index in [1.807, 2.05) is 30.3 Å². The molecule has 0 unspecified atom stereocenters. The molecular formula is C19H13FN2O3S. The lowest BCUT2D eigenvalue weighted by Crippen LogP contribution is -2.18. The number of hydrogen-bond acceptors (Lipinski definition) is 4. The molecule has 5 nitrogen and oxygen atoms in total. The number of carbonyl (C=O) groups is 2. The molecule has 1 saturated heterocycles. The van der Waals surface area contributed by atoms with Gasteiger partial charge in [-0.25, -0.2) is 4.39 Å². The van der Waals surface area contributed by atoms with Crippen molar-refractivity contribution < 1.29 is 18.8 Å². The lowest BCUT2D eigenvalue weighted by molar-refractivity contribution is -0.115. The summed E-state index contributed by atoms with van der Waals surface area (Å²) in [6.07, 6.45) is 1.61. The Bertz CT molecular complexity index is 1060. The van der Waals surface area contributed by atoms with Crippen LogP contribution in [0.15, 0.2) is 59.5 Å². The summed E-state index contributed by atoms with van der Waals surface area (Å²) in [6, 6.07) is 15.6. The molecule has 1 aliphatic heterocycles. The Morgan fingerprint density at radius 2 is 1.96 bits per heavy atom. The summed E-state index contributed by atoms with van der Waals surface area (Å²) in [4.78, 5) is 29.4. The average molecular weight is 368 g/mol. The Balaban J connectivity index is 1.71. The Labute approximate surface area is 152 Å². The maximum absolute atomic E-state index is 13.4. The van der Waals surface area contributed by atoms with Crippen LogP contribution >= 0.6 is 11.8 Å². The van der Waals surface area contributed by atoms with E-state index in [2.05, 4.69) is 5.32 Å². The van der Waals surface area contributed by atoms with Gasteiger partial charge in [-0.15, -0.1) is 0 Å². The second-order valence-corrected chi connectivity index (χ2v) is 6.69. The van der Waals surface area contributed by atoms with Gasteiger partial charge in [-0.05, 0) is 47.7 Å². The van der Waals surface area contributed by atoms with Crippen molar-refractivity contribution in [3.05, 3.63) is 76.6 Å². The molecule has 130 valence electrons. The normalized spacial score (nSPS) is 15.7. The van der Waals surface area contributed by atoms with Gasteiger partial charge in [0.15, 0.2) is 0 Å². The van der Waals surface area contributed by atoms with Gasteiger partial charge in [-0.1, -0.05) is 30.3 Å². The van der Waals surface area contributed by atoms with E-state index in [0.717, 1.165) is 22.7 Å². The number of nitrogens with zero attached hydrogens (tertiary/aromatic N) is 1. The van der Waals surface area contributed by atoms with Crippen LogP contribution in [0.3, 0.4) is 0 Å². The molecule has 0 saturated carbocycles. The van der Waals surface area contributed by atoms with Gasteiger partial charge < -0.3 is 4.84 Å². The molecule has 7 heteroatoms. The Morgan fingerprint density at radius 3 is 2.73 bits per heavy atom. The number of fused-ring (bicyclic) bond motifs is 1. The zero-order valence-corrected chi connectivity index (χ0v) is 14.3. The third-order valence-corrected chi connectivity index (χ3v) is 4.67. The highest BCUT2D eigenvalue weighted by Gasteiger charge is 2.25. The number of amides is 2. The monoisotopic (exact) mass is 368 g/mol. The van der Waals surface area contributed by atoms with Gasteiger partial charge in [-0.3, -0.25) is 14.9 Å². The molecule has 1 aliphatic rings. The molecule has 2 aromatic carbocycles. The maximum atomic E-state index is 13.4. The number of carbonyl (C=O) groups excluding carboxylic acids is 2. The van der Waals surface area contributed by atoms with E-state index in [9.17, 15) is 14.0 Å². The second kappa shape index (κ2) is 6.68. The van der Waals surface area contributed by atoms with Gasteiger partial charge in [0.1, 0.15) is 12.4 Å². The van der Waals surface area contributed by atoms with Gasteiger partial charge in [0.25, 0.3) is 11.1 Å². The standard InChI is InChI=1S/C19H13FN2O3S/c20-14-6-3-4-12(8-14)11-25-22-15(9-13-5-1-2-7-16(13)22)10-17-18(23)21-19(24)26-17/h1-10H,11H2,(H,21,23,24)/b17-10-. The first-order chi connectivity index (χ1) is 12.6. The third-order valence-electron chi connectivity index (χ3n) is 3.86. The summed E-state index contributed by atoms with van der Waals surface area (Å²) in [5, 5.41) is 2.76. The fourth-order valence-corrected chi connectivity index (χ4v) is 3.38. The van der Waals surface area contributed by atoms with E-state index in [0.29, 0.717) is 16.2 Å². The molecule has 4 rings (SSSR count). The summed E-state index contributed by atoms with van der Waals surface area (Å²) < 4.78 is 15.0. The zero-order valence-electron chi connectivity index (χ0n) is 13.4. The summed E-state index contributed by atoms with van der Waals surface area (Å²) in [5.74, 6) is -0.759. The highest BCUT2D eigenvalue weighted by molar-refractivity contribution is 8.18. The van der Waals surface area contributed by atoms with Crippen molar-refractivity contribution >= 4 is 39.9 Å². The van der Waals surface area contributed by atoms with Gasteiger partial charge >= 0.3 is 0 Å². The minimum Gasteiger partial charge on any atom is -0.408 e. The van der Waals surface area contributed by atoms with Crippen LogP contribution < -0.4 is 10.2 Å². The summed E-state index contributed by atoms with van der Waals surface area (Å²) >= 11 is 0.847. The summed E-state index contributed by atoms with van der Waals surface area (Å²) in [6.45, 7) is 0.158. The van der Waals surface area contributed by atoms with E-state index in [4.69, 9.17) is 4.84 Å². The van der Waals surface area contributed by atoms with Gasteiger partial charge in [0, 0.05) is 5.39 Å². The van der Waals surface area contributed by atoms with Crippen LogP contribution in [0.25, 0.3) is 17.0 Å². The van der Waals surface area contributed by atoms with E-state index < -0.39 is 11.1 Å². The van der Waals surface area contributed by atoms with Crippen molar-refractivity contribution in [2.45, 2.75) is 6.61 Å². The molecule has 2 amide bonds. The number of halogens is 1. The van der Waals surface area contributed by atoms with Crippen molar-refractivity contribution in [1.82, 2.24) is 10.0 Å². The number of imide groups is 1. The number of rotatable bonds is 4. The Morgan fingerprint density at radius 1 is 1.12 bits per heavy atom. The van der Waals surface area contributed by atoms with Crippen LogP contribution in [0, 0.1) is 5.82 Å². The highest BCUT2D eigenvalue weighted by Crippen LogP contribution is 2.28. The molecule has 0 bridgehead atoms. The molecule has 1 aromatic heterocycles. The topological polar surface area (TPSA) is 60.3 Å². The van der Waals surface area contributed by atoms with Gasteiger partial charge in [0.05, 0.1) is 16.1 Å². The van der Waals surface area contributed by atoms with E-state index in [1.54, 1.807) is 22.9 Å². The predicted molar refractivity (Wildman–Crippen MR) is 97.7 cm³/mol. The summed E-state index contributed by atoms with van der Waals surface area (Å²) in [7, 11) is 0. The molecule has 0 spiro atoms. The lowest BCUT2D eigenvalue weighted by atomic mass is 10.2. The molecular weight excluding hydrogens is 355 g/mol. The highest BCUT2D eigenvalue weighted by atomic mass is 32.2. The number of thioether (sulfide) groups is 1. The van der Waals surface area contributed by atoms with Crippen LogP contribution in [-0.2, 0) is 11.4 Å².